The number of phosphoric ester groups is 2. The lowest BCUT2D eigenvalue weighted by Crippen LogP contribution is -2.30. The Morgan fingerprint density at radius 3 is 0.752 bits per heavy atom. The molecule has 0 bridgehead atoms. The lowest BCUT2D eigenvalue weighted by atomic mass is 10.00. The highest BCUT2D eigenvalue weighted by atomic mass is 31.2. The van der Waals surface area contributed by atoms with Crippen molar-refractivity contribution < 1.29 is 80.2 Å². The van der Waals surface area contributed by atoms with E-state index in [1.165, 1.54) is 244 Å². The SMILES string of the molecule is CCCCCCCCCCCCCCCCCCCCC(=O)O[C@H](COC(=O)CCCCCCCCCCCCCCCCC(C)C)COP(=O)(O)OC[C@@H](O)COP(=O)(O)OC[C@@H](COC(=O)CCCCCCCCC(C)CC)OC(=O)CCCCCCCCCCCCCCCCCC. The van der Waals surface area contributed by atoms with Gasteiger partial charge >= 0.3 is 39.5 Å². The summed E-state index contributed by atoms with van der Waals surface area (Å²) in [6, 6.07) is 0. The second kappa shape index (κ2) is 73.6. The van der Waals surface area contributed by atoms with Crippen LogP contribution in [0.2, 0.25) is 0 Å². The maximum atomic E-state index is 13.1. The molecule has 0 spiro atoms. The molecule has 0 saturated heterocycles. The van der Waals surface area contributed by atoms with E-state index in [-0.39, 0.29) is 25.7 Å². The minimum atomic E-state index is -4.96. The van der Waals surface area contributed by atoms with Gasteiger partial charge in [-0.2, -0.15) is 0 Å². The summed E-state index contributed by atoms with van der Waals surface area (Å²) in [4.78, 5) is 73.1. The van der Waals surface area contributed by atoms with Crippen LogP contribution in [-0.2, 0) is 65.4 Å². The van der Waals surface area contributed by atoms with Crippen molar-refractivity contribution in [1.82, 2.24) is 0 Å². The van der Waals surface area contributed by atoms with Gasteiger partial charge in [-0.15, -0.1) is 0 Å². The first-order chi connectivity index (χ1) is 48.9. The molecule has 0 aromatic carbocycles. The molecule has 0 amide bonds. The summed E-state index contributed by atoms with van der Waals surface area (Å²) in [5.41, 5.74) is 0. The summed E-state index contributed by atoms with van der Waals surface area (Å²) >= 11 is 0. The van der Waals surface area contributed by atoms with E-state index in [0.717, 1.165) is 108 Å². The fraction of sp³-hybridized carbons (Fsp3) is 0.951. The highest BCUT2D eigenvalue weighted by Gasteiger charge is 2.30. The normalized spacial score (nSPS) is 14.2. The van der Waals surface area contributed by atoms with Gasteiger partial charge in [-0.05, 0) is 37.5 Å². The number of aliphatic hydroxyl groups is 1. The smallest absolute Gasteiger partial charge is 0.462 e. The maximum absolute atomic E-state index is 13.1. The Morgan fingerprint density at radius 2 is 0.505 bits per heavy atom. The van der Waals surface area contributed by atoms with E-state index in [1.54, 1.807) is 0 Å². The number of unbranched alkanes of at least 4 members (excludes halogenated alkanes) is 50. The van der Waals surface area contributed by atoms with Crippen LogP contribution in [0, 0.1) is 11.8 Å². The molecule has 0 heterocycles. The second-order valence-corrected chi connectivity index (χ2v) is 33.1. The molecule has 0 saturated carbocycles. The third-order valence-electron chi connectivity index (χ3n) is 19.6. The Kier molecular flexibility index (Phi) is 72.2. The molecule has 0 fully saturated rings. The van der Waals surface area contributed by atoms with Gasteiger partial charge in [-0.3, -0.25) is 37.3 Å². The molecule has 0 rings (SSSR count). The summed E-state index contributed by atoms with van der Waals surface area (Å²) < 4.78 is 68.8. The van der Waals surface area contributed by atoms with E-state index in [4.69, 9.17) is 37.0 Å². The van der Waals surface area contributed by atoms with Crippen LogP contribution in [0.4, 0.5) is 0 Å². The maximum Gasteiger partial charge on any atom is 0.472 e. The number of hydrogen-bond donors (Lipinski definition) is 3. The molecule has 6 atom stereocenters. The third kappa shape index (κ3) is 74.7. The summed E-state index contributed by atoms with van der Waals surface area (Å²) in [6.07, 6.45) is 63.8. The van der Waals surface area contributed by atoms with Crippen molar-refractivity contribution >= 4 is 39.5 Å². The quantitative estimate of drug-likeness (QED) is 0.0222. The van der Waals surface area contributed by atoms with Crippen LogP contribution in [0.1, 0.15) is 433 Å². The molecule has 0 aliphatic rings. The van der Waals surface area contributed by atoms with Crippen LogP contribution in [0.25, 0.3) is 0 Å². The number of rotatable bonds is 81. The molecule has 0 aliphatic heterocycles. The van der Waals surface area contributed by atoms with Gasteiger partial charge in [0.15, 0.2) is 12.2 Å². The van der Waals surface area contributed by atoms with Crippen LogP contribution < -0.4 is 0 Å². The van der Waals surface area contributed by atoms with Crippen LogP contribution in [0.5, 0.6) is 0 Å². The lowest BCUT2D eigenvalue weighted by molar-refractivity contribution is -0.161. The van der Waals surface area contributed by atoms with E-state index >= 15 is 0 Å². The molecule has 0 aromatic heterocycles. The molecule has 0 aromatic rings. The minimum absolute atomic E-state index is 0.108. The number of carbonyl (C=O) groups excluding carboxylic acids is 4. The molecule has 3 N–H and O–H groups in total. The van der Waals surface area contributed by atoms with E-state index in [9.17, 15) is 43.2 Å². The zero-order chi connectivity index (χ0) is 74.2. The molecule has 0 radical (unpaired) electrons. The number of esters is 4. The molecule has 3 unspecified atom stereocenters. The summed E-state index contributed by atoms with van der Waals surface area (Å²) in [7, 11) is -9.92. The average molecular weight is 1480 g/mol. The second-order valence-electron chi connectivity index (χ2n) is 30.2. The summed E-state index contributed by atoms with van der Waals surface area (Å²) in [5, 5.41) is 10.7. The molecule has 19 heteroatoms. The molecule has 600 valence electrons. The zero-order valence-corrected chi connectivity index (χ0v) is 68.0. The van der Waals surface area contributed by atoms with Gasteiger partial charge in [0, 0.05) is 25.7 Å². The van der Waals surface area contributed by atoms with Gasteiger partial charge < -0.3 is 33.8 Å². The Bertz CT molecular complexity index is 1940. The summed E-state index contributed by atoms with van der Waals surface area (Å²) in [6.45, 7) is 9.63. The van der Waals surface area contributed by atoms with Crippen molar-refractivity contribution in [3.05, 3.63) is 0 Å². The highest BCUT2D eigenvalue weighted by molar-refractivity contribution is 7.47. The Balaban J connectivity index is 5.24. The van der Waals surface area contributed by atoms with E-state index in [1.807, 2.05) is 0 Å². The Morgan fingerprint density at radius 1 is 0.287 bits per heavy atom. The van der Waals surface area contributed by atoms with Gasteiger partial charge in [-0.1, -0.05) is 382 Å². The predicted molar refractivity (Wildman–Crippen MR) is 414 cm³/mol. The first-order valence-electron chi connectivity index (χ1n) is 42.5. The highest BCUT2D eigenvalue weighted by Crippen LogP contribution is 2.45. The fourth-order valence-corrected chi connectivity index (χ4v) is 14.3. The Hall–Kier alpha value is -1.94. The van der Waals surface area contributed by atoms with Gasteiger partial charge in [0.1, 0.15) is 19.3 Å². The Labute approximate surface area is 619 Å². The standard InChI is InChI=1S/C82H160O17P2/c1-7-10-12-14-16-18-20-22-24-26-27-29-35-39-43-47-55-61-66-81(86)98-77(70-92-79(84)64-58-52-45-41-37-33-31-30-32-36-40-44-50-56-62-74(4)5)72-96-100(88,89)94-68-76(83)69-95-101(90,91)97-73-78(71-93-80(85)65-59-53-49-48-51-57-63-75(6)9-3)99-82(87)67-60-54-46-42-38-34-28-25-23-21-19-17-15-13-11-8-2/h74-78,83H,7-73H2,1-6H3,(H,88,89)(H,90,91)/t75?,76-,77-,78-/m1/s1. The lowest BCUT2D eigenvalue weighted by Gasteiger charge is -2.21. The van der Waals surface area contributed by atoms with Crippen molar-refractivity contribution in [2.75, 3.05) is 39.6 Å². The van der Waals surface area contributed by atoms with Gasteiger partial charge in [-0.25, -0.2) is 9.13 Å². The largest absolute Gasteiger partial charge is 0.472 e. The van der Waals surface area contributed by atoms with Crippen LogP contribution in [0.15, 0.2) is 0 Å². The number of aliphatic hydroxyl groups excluding tert-OH is 1. The number of phosphoric acid groups is 2. The van der Waals surface area contributed by atoms with Gasteiger partial charge in [0.25, 0.3) is 0 Å². The topological polar surface area (TPSA) is 237 Å². The van der Waals surface area contributed by atoms with E-state index < -0.39 is 97.5 Å². The molecular formula is C82H160O17P2. The van der Waals surface area contributed by atoms with Crippen LogP contribution in [-0.4, -0.2) is 96.7 Å². The van der Waals surface area contributed by atoms with Crippen molar-refractivity contribution in [2.45, 2.75) is 452 Å². The predicted octanol–water partition coefficient (Wildman–Crippen LogP) is 24.7. The van der Waals surface area contributed by atoms with Crippen molar-refractivity contribution in [1.29, 1.82) is 0 Å². The molecule has 17 nitrogen and oxygen atoms in total. The number of carbonyl (C=O) groups is 4. The van der Waals surface area contributed by atoms with Crippen molar-refractivity contribution in [3.8, 4) is 0 Å². The number of hydrogen-bond acceptors (Lipinski definition) is 15. The van der Waals surface area contributed by atoms with E-state index in [2.05, 4.69) is 41.5 Å². The number of ether oxygens (including phenoxy) is 4. The minimum Gasteiger partial charge on any atom is -0.462 e. The van der Waals surface area contributed by atoms with Crippen LogP contribution >= 0.6 is 15.6 Å². The third-order valence-corrected chi connectivity index (χ3v) is 21.5. The van der Waals surface area contributed by atoms with Gasteiger partial charge in [0.05, 0.1) is 26.4 Å². The molecule has 0 aliphatic carbocycles. The summed E-state index contributed by atoms with van der Waals surface area (Å²) in [5.74, 6) is -0.577. The van der Waals surface area contributed by atoms with E-state index in [0.29, 0.717) is 25.7 Å². The average Bonchev–Trinajstić information content (AvgIpc) is 0.961. The fourth-order valence-electron chi connectivity index (χ4n) is 12.7. The molecular weight excluding hydrogens is 1320 g/mol. The van der Waals surface area contributed by atoms with Crippen molar-refractivity contribution in [3.63, 3.8) is 0 Å². The van der Waals surface area contributed by atoms with Gasteiger partial charge in [0.2, 0.25) is 0 Å². The monoisotopic (exact) mass is 1480 g/mol. The first kappa shape index (κ1) is 99.1. The molecule has 101 heavy (non-hydrogen) atoms. The first-order valence-corrected chi connectivity index (χ1v) is 45.5. The zero-order valence-electron chi connectivity index (χ0n) is 66.2. The van der Waals surface area contributed by atoms with Crippen LogP contribution in [0.3, 0.4) is 0 Å². The van der Waals surface area contributed by atoms with Crippen molar-refractivity contribution in [2.24, 2.45) is 11.8 Å².